The number of nitrogens with zero attached hydrogens (tertiary/aromatic N) is 1. The lowest BCUT2D eigenvalue weighted by molar-refractivity contribution is 0.312. The Morgan fingerprint density at radius 1 is 1.73 bits per heavy atom. The first-order valence-corrected chi connectivity index (χ1v) is 4.86. The van der Waals surface area contributed by atoms with Gasteiger partial charge in [-0.2, -0.15) is 0 Å². The van der Waals surface area contributed by atoms with Gasteiger partial charge in [-0.1, -0.05) is 0 Å². The summed E-state index contributed by atoms with van der Waals surface area (Å²) in [5.74, 6) is 0.926. The monoisotopic (exact) mass is 171 g/mol. The lowest BCUT2D eigenvalue weighted by Gasteiger charge is -2.15. The molecule has 1 heterocycles. The van der Waals surface area contributed by atoms with Crippen LogP contribution in [-0.4, -0.2) is 24.5 Å². The Kier molecular flexibility index (Phi) is 3.00. The number of rotatable bonds is 1. The van der Waals surface area contributed by atoms with Crippen molar-refractivity contribution >= 4 is 16.8 Å². The third-order valence-corrected chi connectivity index (χ3v) is 2.30. The second kappa shape index (κ2) is 3.81. The van der Waals surface area contributed by atoms with Crippen molar-refractivity contribution in [2.45, 2.75) is 19.4 Å². The van der Waals surface area contributed by atoms with Crippen LogP contribution in [0.25, 0.3) is 0 Å². The molecule has 0 aromatic carbocycles. The van der Waals surface area contributed by atoms with Gasteiger partial charge in [0.2, 0.25) is 0 Å². The van der Waals surface area contributed by atoms with Crippen molar-refractivity contribution in [3.63, 3.8) is 0 Å². The van der Waals surface area contributed by atoms with Gasteiger partial charge in [0, 0.05) is 0 Å². The highest BCUT2D eigenvalue weighted by Crippen LogP contribution is 2.19. The Bertz CT molecular complexity index is 198. The first kappa shape index (κ1) is 8.65. The molecule has 1 atom stereocenters. The average molecular weight is 171 g/mol. The molecule has 1 unspecified atom stereocenters. The summed E-state index contributed by atoms with van der Waals surface area (Å²) in [4.78, 5) is 4.44. The van der Waals surface area contributed by atoms with Crippen LogP contribution in [0.15, 0.2) is 16.8 Å². The van der Waals surface area contributed by atoms with Gasteiger partial charge >= 0.3 is 0 Å². The summed E-state index contributed by atoms with van der Waals surface area (Å²) in [6.07, 6.45) is 5.11. The van der Waals surface area contributed by atoms with Crippen LogP contribution in [0.1, 0.15) is 13.3 Å². The van der Waals surface area contributed by atoms with Crippen LogP contribution < -0.4 is 0 Å². The molecule has 0 radical (unpaired) electrons. The van der Waals surface area contributed by atoms with Crippen LogP contribution in [0.2, 0.25) is 0 Å². The van der Waals surface area contributed by atoms with Crippen molar-refractivity contribution in [2.24, 2.45) is 4.99 Å². The van der Waals surface area contributed by atoms with E-state index in [4.69, 9.17) is 4.74 Å². The molecule has 1 rings (SSSR count). The number of dihydropyridines is 1. The molecule has 0 aromatic rings. The van der Waals surface area contributed by atoms with E-state index in [2.05, 4.69) is 18.0 Å². The van der Waals surface area contributed by atoms with Gasteiger partial charge in [-0.25, -0.2) is 0 Å². The molecule has 0 saturated heterocycles. The topological polar surface area (TPSA) is 21.6 Å². The molecular formula is C8H13NOS. The van der Waals surface area contributed by atoms with Gasteiger partial charge < -0.3 is 4.74 Å². The van der Waals surface area contributed by atoms with Gasteiger partial charge in [0.25, 0.3) is 0 Å². The zero-order valence-electron chi connectivity index (χ0n) is 7.13. The molecule has 1 aliphatic heterocycles. The van der Waals surface area contributed by atoms with Gasteiger partial charge in [0.1, 0.15) is 10.8 Å². The third kappa shape index (κ3) is 1.99. The van der Waals surface area contributed by atoms with Gasteiger partial charge in [0.15, 0.2) is 0 Å². The Hall–Kier alpha value is -0.440. The fraction of sp³-hybridized carbons (Fsp3) is 0.625. The highest BCUT2D eigenvalue weighted by Gasteiger charge is 2.13. The maximum atomic E-state index is 5.15. The van der Waals surface area contributed by atoms with Crippen LogP contribution in [0, 0.1) is 0 Å². The molecule has 0 aromatic heterocycles. The van der Waals surface area contributed by atoms with Gasteiger partial charge in [0.05, 0.1) is 13.2 Å². The molecule has 0 bridgehead atoms. The van der Waals surface area contributed by atoms with E-state index >= 15 is 0 Å². The summed E-state index contributed by atoms with van der Waals surface area (Å²) in [7, 11) is 1.69. The third-order valence-electron chi connectivity index (χ3n) is 1.61. The minimum absolute atomic E-state index is 0.413. The Morgan fingerprint density at radius 3 is 3.00 bits per heavy atom. The number of methoxy groups -OCH3 is 1. The predicted molar refractivity (Wildman–Crippen MR) is 50.1 cm³/mol. The van der Waals surface area contributed by atoms with Gasteiger partial charge in [-0.05, 0) is 25.7 Å². The first-order chi connectivity index (χ1) is 5.27. The number of hydrogen-bond donors (Lipinski definition) is 0. The molecule has 3 heteroatoms. The molecule has 0 amide bonds. The van der Waals surface area contributed by atoms with Crippen LogP contribution in [0.3, 0.4) is 0 Å². The Morgan fingerprint density at radius 2 is 2.45 bits per heavy atom. The van der Waals surface area contributed by atoms with Crippen LogP contribution in [0.4, 0.5) is 0 Å². The van der Waals surface area contributed by atoms with Crippen molar-refractivity contribution in [3.05, 3.63) is 11.8 Å². The average Bonchev–Trinajstić information content (AvgIpc) is 2.04. The maximum absolute atomic E-state index is 5.15. The van der Waals surface area contributed by atoms with E-state index in [1.165, 1.54) is 0 Å². The van der Waals surface area contributed by atoms with Gasteiger partial charge in [-0.3, -0.25) is 4.99 Å². The fourth-order valence-corrected chi connectivity index (χ4v) is 1.66. The van der Waals surface area contributed by atoms with E-state index in [-0.39, 0.29) is 0 Å². The lowest BCUT2D eigenvalue weighted by atomic mass is 10.2. The van der Waals surface area contributed by atoms with Crippen LogP contribution in [0.5, 0.6) is 0 Å². The van der Waals surface area contributed by atoms with E-state index < -0.39 is 0 Å². The summed E-state index contributed by atoms with van der Waals surface area (Å²) in [5, 5.41) is 1.02. The molecule has 1 aliphatic rings. The van der Waals surface area contributed by atoms with Crippen molar-refractivity contribution in [1.82, 2.24) is 0 Å². The lowest BCUT2D eigenvalue weighted by Crippen LogP contribution is -2.11. The second-order valence-electron chi connectivity index (χ2n) is 2.50. The smallest absolute Gasteiger partial charge is 0.146 e. The van der Waals surface area contributed by atoms with Crippen LogP contribution >= 0.6 is 11.8 Å². The SMILES string of the molecule is COC1=CCC(C)N=C1SC. The quantitative estimate of drug-likeness (QED) is 0.602. The zero-order valence-corrected chi connectivity index (χ0v) is 7.94. The number of hydrogen-bond acceptors (Lipinski definition) is 3. The molecule has 62 valence electrons. The number of ether oxygens (including phenoxy) is 1. The van der Waals surface area contributed by atoms with E-state index in [0.29, 0.717) is 6.04 Å². The largest absolute Gasteiger partial charge is 0.494 e. The first-order valence-electron chi connectivity index (χ1n) is 3.64. The fourth-order valence-electron chi connectivity index (χ4n) is 1.01. The van der Waals surface area contributed by atoms with Crippen molar-refractivity contribution in [1.29, 1.82) is 0 Å². The molecule has 0 fully saturated rings. The van der Waals surface area contributed by atoms with E-state index in [1.54, 1.807) is 18.9 Å². The highest BCUT2D eigenvalue weighted by molar-refractivity contribution is 8.13. The van der Waals surface area contributed by atoms with Crippen LogP contribution in [-0.2, 0) is 4.74 Å². The Labute approximate surface area is 71.7 Å². The summed E-state index contributed by atoms with van der Waals surface area (Å²) in [6, 6.07) is 0.413. The Balaban J connectivity index is 2.74. The second-order valence-corrected chi connectivity index (χ2v) is 3.29. The summed E-state index contributed by atoms with van der Waals surface area (Å²) < 4.78 is 5.15. The minimum Gasteiger partial charge on any atom is -0.494 e. The van der Waals surface area contributed by atoms with E-state index in [9.17, 15) is 0 Å². The van der Waals surface area contributed by atoms with Crippen molar-refractivity contribution in [3.8, 4) is 0 Å². The normalized spacial score (nSPS) is 24.1. The zero-order chi connectivity index (χ0) is 8.27. The summed E-state index contributed by atoms with van der Waals surface area (Å²) >= 11 is 1.64. The molecule has 0 spiro atoms. The minimum atomic E-state index is 0.413. The number of thioether (sulfide) groups is 1. The molecule has 0 N–H and O–H groups in total. The molecular weight excluding hydrogens is 158 g/mol. The molecule has 0 saturated carbocycles. The summed E-state index contributed by atoms with van der Waals surface area (Å²) in [5.41, 5.74) is 0. The molecule has 2 nitrogen and oxygen atoms in total. The summed E-state index contributed by atoms with van der Waals surface area (Å²) in [6.45, 7) is 2.11. The van der Waals surface area contributed by atoms with Crippen molar-refractivity contribution in [2.75, 3.05) is 13.4 Å². The number of aliphatic imine (C=N–C) groups is 1. The molecule has 0 aliphatic carbocycles. The van der Waals surface area contributed by atoms with Gasteiger partial charge in [-0.15, -0.1) is 11.8 Å². The van der Waals surface area contributed by atoms with E-state index in [1.807, 2.05) is 6.26 Å². The van der Waals surface area contributed by atoms with E-state index in [0.717, 1.165) is 17.2 Å². The predicted octanol–water partition coefficient (Wildman–Crippen LogP) is 2.07. The standard InChI is InChI=1S/C8H13NOS/c1-6-4-5-7(10-2)8(9-6)11-3/h5-6H,4H2,1-3H3. The highest BCUT2D eigenvalue weighted by atomic mass is 32.2. The van der Waals surface area contributed by atoms with Crippen molar-refractivity contribution < 1.29 is 4.74 Å². The maximum Gasteiger partial charge on any atom is 0.146 e. The molecule has 11 heavy (non-hydrogen) atoms.